The molecule has 0 saturated heterocycles. The lowest BCUT2D eigenvalue weighted by atomic mass is 10.2. The highest BCUT2D eigenvalue weighted by Crippen LogP contribution is 2.11. The van der Waals surface area contributed by atoms with Crippen molar-refractivity contribution in [2.45, 2.75) is 80.4 Å². The van der Waals surface area contributed by atoms with Crippen molar-refractivity contribution >= 4 is 11.9 Å². The van der Waals surface area contributed by atoms with E-state index < -0.39 is 0 Å². The number of carbonyl (C=O) groups excluding carboxylic acids is 2. The first-order valence-corrected chi connectivity index (χ1v) is 10.1. The van der Waals surface area contributed by atoms with Gasteiger partial charge in [-0.2, -0.15) is 0 Å². The van der Waals surface area contributed by atoms with Gasteiger partial charge in [0, 0.05) is 12.8 Å². The molecule has 2 heterocycles. The summed E-state index contributed by atoms with van der Waals surface area (Å²) in [6.07, 6.45) is 1.58. The SMILES string of the molecule is Cc1nc(C)c(COC(=O)CCCCC(=O)OCc2nc(C)c(C)nc2C)nc1C. The van der Waals surface area contributed by atoms with Crippen LogP contribution in [0.15, 0.2) is 0 Å². The lowest BCUT2D eigenvalue weighted by molar-refractivity contribution is -0.147. The van der Waals surface area contributed by atoms with Crippen molar-refractivity contribution in [1.29, 1.82) is 0 Å². The van der Waals surface area contributed by atoms with Crippen LogP contribution in [0.5, 0.6) is 0 Å². The molecule has 8 nitrogen and oxygen atoms in total. The second kappa shape index (κ2) is 10.8. The summed E-state index contributed by atoms with van der Waals surface area (Å²) in [6, 6.07) is 0. The van der Waals surface area contributed by atoms with Crippen molar-refractivity contribution in [1.82, 2.24) is 19.9 Å². The lowest BCUT2D eigenvalue weighted by Crippen LogP contribution is -2.10. The number of hydrogen-bond donors (Lipinski definition) is 0. The Morgan fingerprint density at radius 1 is 0.567 bits per heavy atom. The Morgan fingerprint density at radius 3 is 1.27 bits per heavy atom. The summed E-state index contributed by atoms with van der Waals surface area (Å²) in [4.78, 5) is 41.5. The molecule has 0 amide bonds. The largest absolute Gasteiger partial charge is 0.459 e. The van der Waals surface area contributed by atoms with Gasteiger partial charge in [0.15, 0.2) is 0 Å². The summed E-state index contributed by atoms with van der Waals surface area (Å²) >= 11 is 0. The van der Waals surface area contributed by atoms with Crippen molar-refractivity contribution in [3.63, 3.8) is 0 Å². The van der Waals surface area contributed by atoms with E-state index in [1.807, 2.05) is 41.5 Å². The van der Waals surface area contributed by atoms with Crippen molar-refractivity contribution in [2.24, 2.45) is 0 Å². The minimum atomic E-state index is -0.316. The zero-order valence-electron chi connectivity index (χ0n) is 18.7. The highest BCUT2D eigenvalue weighted by atomic mass is 16.5. The fraction of sp³-hybridized carbons (Fsp3) is 0.545. The van der Waals surface area contributed by atoms with Gasteiger partial charge in [-0.05, 0) is 54.4 Å². The average molecular weight is 415 g/mol. The minimum Gasteiger partial charge on any atom is -0.459 e. The zero-order chi connectivity index (χ0) is 22.3. The Morgan fingerprint density at radius 2 is 0.900 bits per heavy atom. The van der Waals surface area contributed by atoms with Gasteiger partial charge in [0.2, 0.25) is 0 Å². The van der Waals surface area contributed by atoms with E-state index in [-0.39, 0.29) is 38.0 Å². The van der Waals surface area contributed by atoms with Gasteiger partial charge in [-0.25, -0.2) is 0 Å². The molecule has 30 heavy (non-hydrogen) atoms. The Balaban J connectivity index is 1.66. The molecule has 8 heteroatoms. The molecule has 0 atom stereocenters. The third-order valence-electron chi connectivity index (χ3n) is 4.91. The molecule has 0 bridgehead atoms. The van der Waals surface area contributed by atoms with Crippen molar-refractivity contribution in [2.75, 3.05) is 0 Å². The topological polar surface area (TPSA) is 104 Å². The molecule has 2 aromatic heterocycles. The van der Waals surface area contributed by atoms with E-state index >= 15 is 0 Å². The van der Waals surface area contributed by atoms with Gasteiger partial charge in [0.1, 0.15) is 13.2 Å². The first-order chi connectivity index (χ1) is 14.2. The van der Waals surface area contributed by atoms with Gasteiger partial charge in [0.05, 0.1) is 45.6 Å². The van der Waals surface area contributed by atoms with Crippen LogP contribution in [-0.4, -0.2) is 31.9 Å². The Kier molecular flexibility index (Phi) is 8.38. The van der Waals surface area contributed by atoms with Gasteiger partial charge >= 0.3 is 11.9 Å². The summed E-state index contributed by atoms with van der Waals surface area (Å²) in [5.74, 6) is -0.632. The second-order valence-electron chi connectivity index (χ2n) is 7.38. The third kappa shape index (κ3) is 6.86. The van der Waals surface area contributed by atoms with Crippen molar-refractivity contribution in [3.8, 4) is 0 Å². The molecule has 0 aliphatic carbocycles. The Labute approximate surface area is 177 Å². The maximum atomic E-state index is 11.9. The normalized spacial score (nSPS) is 10.7. The van der Waals surface area contributed by atoms with Crippen LogP contribution in [0.3, 0.4) is 0 Å². The standard InChI is InChI=1S/C22H30N4O4/c1-13-15(3)25-19(17(5)23-13)11-29-21(27)9-7-8-10-22(28)30-12-20-18(6)24-14(2)16(4)26-20/h7-12H2,1-6H3. The smallest absolute Gasteiger partial charge is 0.306 e. The number of unbranched alkanes of at least 4 members (excludes halogenated alkanes) is 1. The zero-order valence-corrected chi connectivity index (χ0v) is 18.7. The predicted molar refractivity (Wildman–Crippen MR) is 111 cm³/mol. The minimum absolute atomic E-state index is 0.108. The molecule has 2 aromatic rings. The number of esters is 2. The predicted octanol–water partition coefficient (Wildman–Crippen LogP) is 3.46. The fourth-order valence-electron chi connectivity index (χ4n) is 2.78. The Bertz CT molecular complexity index is 852. The molecule has 0 aliphatic rings. The monoisotopic (exact) mass is 414 g/mol. The first-order valence-electron chi connectivity index (χ1n) is 10.1. The maximum Gasteiger partial charge on any atom is 0.306 e. The summed E-state index contributed by atoms with van der Waals surface area (Å²) in [5.41, 5.74) is 6.25. The lowest BCUT2D eigenvalue weighted by Gasteiger charge is -2.09. The van der Waals surface area contributed by atoms with Crippen LogP contribution >= 0.6 is 0 Å². The van der Waals surface area contributed by atoms with Crippen molar-refractivity contribution < 1.29 is 19.1 Å². The molecular weight excluding hydrogens is 384 g/mol. The van der Waals surface area contributed by atoms with Gasteiger partial charge in [-0.1, -0.05) is 0 Å². The number of hydrogen-bond acceptors (Lipinski definition) is 8. The number of aromatic nitrogens is 4. The molecular formula is C22H30N4O4. The number of aryl methyl sites for hydroxylation is 6. The molecule has 162 valence electrons. The van der Waals surface area contributed by atoms with Crippen molar-refractivity contribution in [3.05, 3.63) is 45.6 Å². The molecule has 0 saturated carbocycles. The fourth-order valence-corrected chi connectivity index (χ4v) is 2.78. The molecule has 0 fully saturated rings. The van der Waals surface area contributed by atoms with Gasteiger partial charge in [0.25, 0.3) is 0 Å². The molecule has 0 radical (unpaired) electrons. The molecule has 0 aliphatic heterocycles. The van der Waals surface area contributed by atoms with Crippen LogP contribution in [0.25, 0.3) is 0 Å². The number of rotatable bonds is 9. The van der Waals surface area contributed by atoms with E-state index in [2.05, 4.69) is 19.9 Å². The van der Waals surface area contributed by atoms with E-state index in [0.29, 0.717) is 24.2 Å². The molecule has 0 spiro atoms. The van der Waals surface area contributed by atoms with Crippen LogP contribution in [-0.2, 0) is 32.3 Å². The molecule has 0 unspecified atom stereocenters. The second-order valence-corrected chi connectivity index (χ2v) is 7.38. The molecule has 0 aromatic carbocycles. The third-order valence-corrected chi connectivity index (χ3v) is 4.91. The van der Waals surface area contributed by atoms with E-state index in [1.165, 1.54) is 0 Å². The van der Waals surface area contributed by atoms with Crippen LogP contribution in [0.4, 0.5) is 0 Å². The average Bonchev–Trinajstić information content (AvgIpc) is 2.68. The van der Waals surface area contributed by atoms with Crippen LogP contribution < -0.4 is 0 Å². The number of nitrogens with zero attached hydrogens (tertiary/aromatic N) is 4. The van der Waals surface area contributed by atoms with E-state index in [0.717, 1.165) is 34.2 Å². The summed E-state index contributed by atoms with van der Waals surface area (Å²) in [7, 11) is 0. The van der Waals surface area contributed by atoms with E-state index in [4.69, 9.17) is 9.47 Å². The summed E-state index contributed by atoms with van der Waals surface area (Å²) in [6.45, 7) is 11.5. The highest BCUT2D eigenvalue weighted by Gasteiger charge is 2.11. The Hall–Kier alpha value is -2.90. The van der Waals surface area contributed by atoms with E-state index in [1.54, 1.807) is 0 Å². The number of carbonyl (C=O) groups is 2. The van der Waals surface area contributed by atoms with Crippen LogP contribution in [0.1, 0.15) is 71.2 Å². The summed E-state index contributed by atoms with van der Waals surface area (Å²) < 4.78 is 10.6. The number of ether oxygens (including phenoxy) is 2. The molecule has 0 N–H and O–H groups in total. The maximum absolute atomic E-state index is 11.9. The van der Waals surface area contributed by atoms with E-state index in [9.17, 15) is 9.59 Å². The first kappa shape index (κ1) is 23.4. The van der Waals surface area contributed by atoms with Crippen LogP contribution in [0, 0.1) is 41.5 Å². The van der Waals surface area contributed by atoms with Crippen LogP contribution in [0.2, 0.25) is 0 Å². The molecule has 2 rings (SSSR count). The highest BCUT2D eigenvalue weighted by molar-refractivity contribution is 5.70. The van der Waals surface area contributed by atoms with Gasteiger partial charge < -0.3 is 9.47 Å². The summed E-state index contributed by atoms with van der Waals surface area (Å²) in [5, 5.41) is 0. The van der Waals surface area contributed by atoms with Gasteiger partial charge in [-0.15, -0.1) is 0 Å². The van der Waals surface area contributed by atoms with Gasteiger partial charge in [-0.3, -0.25) is 29.5 Å². The quantitative estimate of drug-likeness (QED) is 0.454.